The maximum atomic E-state index is 2.39. The van der Waals surface area contributed by atoms with Crippen LogP contribution in [0.1, 0.15) is 32.1 Å². The molecule has 1 aliphatic carbocycles. The van der Waals surface area contributed by atoms with Crippen LogP contribution in [0.15, 0.2) is 0 Å². The molecule has 0 unspecified atom stereocenters. The molecule has 0 atom stereocenters. The summed E-state index contributed by atoms with van der Waals surface area (Å²) in [6, 6.07) is 0. The number of rotatable bonds is 0. The molecule has 0 bridgehead atoms. The molecular weight excluding hydrogens is 173 g/mol. The van der Waals surface area contributed by atoms with Gasteiger partial charge in [0.25, 0.3) is 0 Å². The van der Waals surface area contributed by atoms with E-state index in [0.717, 1.165) is 0 Å². The smallest absolute Gasteiger partial charge is 0 e. The summed E-state index contributed by atoms with van der Waals surface area (Å²) < 4.78 is 0. The Balaban J connectivity index is 0. The molecule has 1 saturated carbocycles. The number of hydrogen-bond acceptors (Lipinski definition) is 0. The largest absolute Gasteiger partial charge is 0.328 e. The van der Waals surface area contributed by atoms with Crippen LogP contribution in [0.5, 0.6) is 0 Å². The van der Waals surface area contributed by atoms with E-state index in [1.165, 1.54) is 32.1 Å². The van der Waals surface area contributed by atoms with Crippen molar-refractivity contribution in [3.8, 4) is 0 Å². The summed E-state index contributed by atoms with van der Waals surface area (Å²) in [5, 5.41) is 0. The molecular formula is C6H12ClZn-. The maximum Gasteiger partial charge on any atom is 0 e. The first kappa shape index (κ1) is 11.7. The van der Waals surface area contributed by atoms with E-state index in [2.05, 4.69) is 6.42 Å². The minimum atomic E-state index is 0. The van der Waals surface area contributed by atoms with Crippen LogP contribution < -0.4 is 0 Å². The minimum absolute atomic E-state index is 0. The molecule has 0 nitrogen and oxygen atoms in total. The van der Waals surface area contributed by atoms with Gasteiger partial charge in [-0.2, -0.15) is 12.8 Å². The van der Waals surface area contributed by atoms with E-state index in [9.17, 15) is 0 Å². The topological polar surface area (TPSA) is 0 Å². The molecule has 1 rings (SSSR count). The standard InChI is InChI=1S/C6H11.ClH.Zn/c1-2-4-6-5-3-1;;/h1H,2-6H2;1H;/q-1;;. The van der Waals surface area contributed by atoms with Crippen LogP contribution in [0.3, 0.4) is 0 Å². The van der Waals surface area contributed by atoms with Crippen LogP contribution in [-0.4, -0.2) is 0 Å². The van der Waals surface area contributed by atoms with Crippen molar-refractivity contribution >= 4 is 12.4 Å². The van der Waals surface area contributed by atoms with E-state index < -0.39 is 0 Å². The fourth-order valence-electron chi connectivity index (χ4n) is 0.898. The van der Waals surface area contributed by atoms with Crippen molar-refractivity contribution in [3.05, 3.63) is 6.42 Å². The Labute approximate surface area is 70.6 Å². The quantitative estimate of drug-likeness (QED) is 0.401. The Hall–Kier alpha value is 0.913. The predicted octanol–water partition coefficient (Wildman–Crippen LogP) is 2.57. The average molecular weight is 185 g/mol. The van der Waals surface area contributed by atoms with Crippen molar-refractivity contribution in [1.29, 1.82) is 0 Å². The first-order chi connectivity index (χ1) is 3.00. The normalized spacial score (nSPS) is 18.0. The van der Waals surface area contributed by atoms with E-state index >= 15 is 0 Å². The van der Waals surface area contributed by atoms with Crippen molar-refractivity contribution in [2.75, 3.05) is 0 Å². The first-order valence-electron chi connectivity index (χ1n) is 2.82. The number of halogens is 1. The second-order valence-corrected chi connectivity index (χ2v) is 1.93. The van der Waals surface area contributed by atoms with Gasteiger partial charge in [-0.25, -0.2) is 0 Å². The fraction of sp³-hybridized carbons (Fsp3) is 0.833. The molecule has 0 aromatic rings. The zero-order valence-electron chi connectivity index (χ0n) is 5.23. The van der Waals surface area contributed by atoms with Crippen LogP contribution in [0.4, 0.5) is 0 Å². The Morgan fingerprint density at radius 3 is 1.50 bits per heavy atom. The van der Waals surface area contributed by atoms with Gasteiger partial charge in [0, 0.05) is 19.5 Å². The van der Waals surface area contributed by atoms with Gasteiger partial charge in [-0.3, -0.25) is 0 Å². The average Bonchev–Trinajstić information content (AvgIpc) is 1.72. The van der Waals surface area contributed by atoms with Gasteiger partial charge in [0.15, 0.2) is 0 Å². The van der Waals surface area contributed by atoms with Gasteiger partial charge in [-0.1, -0.05) is 19.3 Å². The van der Waals surface area contributed by atoms with Crippen molar-refractivity contribution in [1.82, 2.24) is 0 Å². The predicted molar refractivity (Wildman–Crippen MR) is 34.6 cm³/mol. The molecule has 46 valence electrons. The molecule has 0 aliphatic heterocycles. The Kier molecular flexibility index (Phi) is 11.6. The maximum absolute atomic E-state index is 2.39. The molecule has 0 radical (unpaired) electrons. The van der Waals surface area contributed by atoms with Crippen molar-refractivity contribution in [3.63, 3.8) is 0 Å². The third-order valence-electron chi connectivity index (χ3n) is 1.32. The molecule has 8 heavy (non-hydrogen) atoms. The summed E-state index contributed by atoms with van der Waals surface area (Å²) in [5.41, 5.74) is 0. The molecule has 0 N–H and O–H groups in total. The molecule has 1 fully saturated rings. The van der Waals surface area contributed by atoms with Gasteiger partial charge in [0.2, 0.25) is 0 Å². The molecule has 0 aromatic heterocycles. The summed E-state index contributed by atoms with van der Waals surface area (Å²) in [6.07, 6.45) is 9.50. The molecule has 0 spiro atoms. The van der Waals surface area contributed by atoms with E-state index in [4.69, 9.17) is 0 Å². The Bertz CT molecular complexity index is 24.0. The first-order valence-corrected chi connectivity index (χ1v) is 2.82. The van der Waals surface area contributed by atoms with E-state index in [1.807, 2.05) is 0 Å². The molecule has 0 amide bonds. The van der Waals surface area contributed by atoms with Crippen LogP contribution in [0.2, 0.25) is 0 Å². The van der Waals surface area contributed by atoms with Crippen LogP contribution in [0.25, 0.3) is 0 Å². The monoisotopic (exact) mass is 183 g/mol. The Morgan fingerprint density at radius 2 is 1.38 bits per heavy atom. The fourth-order valence-corrected chi connectivity index (χ4v) is 0.898. The third-order valence-corrected chi connectivity index (χ3v) is 1.32. The summed E-state index contributed by atoms with van der Waals surface area (Å²) in [6.45, 7) is 0. The zero-order chi connectivity index (χ0) is 4.24. The van der Waals surface area contributed by atoms with Crippen LogP contribution in [-0.2, 0) is 19.5 Å². The van der Waals surface area contributed by atoms with E-state index in [1.54, 1.807) is 0 Å². The van der Waals surface area contributed by atoms with E-state index in [-0.39, 0.29) is 31.9 Å². The summed E-state index contributed by atoms with van der Waals surface area (Å²) >= 11 is 0. The van der Waals surface area contributed by atoms with Crippen molar-refractivity contribution in [2.45, 2.75) is 32.1 Å². The number of hydrogen-bond donors (Lipinski definition) is 0. The van der Waals surface area contributed by atoms with Gasteiger partial charge < -0.3 is 6.42 Å². The summed E-state index contributed by atoms with van der Waals surface area (Å²) in [5.74, 6) is 0. The van der Waals surface area contributed by atoms with Crippen molar-refractivity contribution < 1.29 is 19.5 Å². The van der Waals surface area contributed by atoms with Crippen LogP contribution in [0, 0.1) is 6.42 Å². The van der Waals surface area contributed by atoms with Gasteiger partial charge in [-0.15, -0.1) is 12.4 Å². The second kappa shape index (κ2) is 7.91. The molecule has 1 aliphatic rings. The van der Waals surface area contributed by atoms with Gasteiger partial charge in [-0.05, 0) is 0 Å². The molecule has 0 heterocycles. The Morgan fingerprint density at radius 1 is 0.875 bits per heavy atom. The van der Waals surface area contributed by atoms with Gasteiger partial charge in [0.05, 0.1) is 0 Å². The van der Waals surface area contributed by atoms with Gasteiger partial charge >= 0.3 is 0 Å². The minimum Gasteiger partial charge on any atom is -0.328 e. The molecule has 0 aromatic carbocycles. The molecule has 2 heteroatoms. The van der Waals surface area contributed by atoms with Crippen molar-refractivity contribution in [2.24, 2.45) is 0 Å². The van der Waals surface area contributed by atoms with E-state index in [0.29, 0.717) is 0 Å². The SMILES string of the molecule is Cl.[CH-]1CCCCC1.[Zn]. The summed E-state index contributed by atoms with van der Waals surface area (Å²) in [4.78, 5) is 0. The summed E-state index contributed by atoms with van der Waals surface area (Å²) in [7, 11) is 0. The van der Waals surface area contributed by atoms with Crippen LogP contribution >= 0.6 is 12.4 Å². The zero-order valence-corrected chi connectivity index (χ0v) is 9.01. The van der Waals surface area contributed by atoms with Gasteiger partial charge in [0.1, 0.15) is 0 Å². The molecule has 0 saturated heterocycles. The second-order valence-electron chi connectivity index (χ2n) is 1.93. The third kappa shape index (κ3) is 5.06.